The molecule has 1 aromatic heterocycles. The molecule has 0 aliphatic rings. The van der Waals surface area contributed by atoms with Crippen LogP contribution in [0, 0.1) is 0 Å². The number of ether oxygens (including phenoxy) is 1. The summed E-state index contributed by atoms with van der Waals surface area (Å²) in [6.07, 6.45) is 3.67. The van der Waals surface area contributed by atoms with Gasteiger partial charge in [0.1, 0.15) is 5.75 Å². The van der Waals surface area contributed by atoms with Crippen molar-refractivity contribution in [3.8, 4) is 5.75 Å². The molecular formula is C17H15ClN2O. The second-order valence-corrected chi connectivity index (χ2v) is 5.15. The lowest BCUT2D eigenvalue weighted by Gasteiger charge is -2.12. The molecule has 0 saturated carbocycles. The molecule has 4 heteroatoms. The highest BCUT2D eigenvalue weighted by Crippen LogP contribution is 2.26. The summed E-state index contributed by atoms with van der Waals surface area (Å²) in [4.78, 5) is 4.19. The fourth-order valence-electron chi connectivity index (χ4n) is 2.34. The van der Waals surface area contributed by atoms with Crippen molar-refractivity contribution in [1.29, 1.82) is 0 Å². The molecule has 1 heterocycles. The normalized spacial score (nSPS) is 10.6. The minimum Gasteiger partial charge on any atom is -0.496 e. The number of aromatic nitrogens is 1. The monoisotopic (exact) mass is 298 g/mol. The Balaban J connectivity index is 1.89. The van der Waals surface area contributed by atoms with Crippen LogP contribution in [0.5, 0.6) is 5.75 Å². The number of hydrogen-bond donors (Lipinski definition) is 1. The van der Waals surface area contributed by atoms with Gasteiger partial charge in [0.05, 0.1) is 7.11 Å². The Hall–Kier alpha value is -2.26. The zero-order valence-corrected chi connectivity index (χ0v) is 12.4. The quantitative estimate of drug-likeness (QED) is 0.769. The molecule has 3 aromatic rings. The van der Waals surface area contributed by atoms with E-state index < -0.39 is 0 Å². The van der Waals surface area contributed by atoms with E-state index in [4.69, 9.17) is 16.3 Å². The highest BCUT2D eigenvalue weighted by atomic mass is 35.5. The SMILES string of the molecule is COc1ccc(Cl)cc1CNc1cccc2ccncc12. The van der Waals surface area contributed by atoms with Crippen molar-refractivity contribution >= 4 is 28.1 Å². The summed E-state index contributed by atoms with van der Waals surface area (Å²) >= 11 is 6.06. The molecule has 21 heavy (non-hydrogen) atoms. The summed E-state index contributed by atoms with van der Waals surface area (Å²) in [5.41, 5.74) is 2.06. The third-order valence-corrected chi connectivity index (χ3v) is 3.63. The first-order valence-corrected chi connectivity index (χ1v) is 7.05. The Bertz CT molecular complexity index is 768. The van der Waals surface area contributed by atoms with Gasteiger partial charge in [-0.2, -0.15) is 0 Å². The van der Waals surface area contributed by atoms with E-state index in [-0.39, 0.29) is 0 Å². The lowest BCUT2D eigenvalue weighted by atomic mass is 10.1. The summed E-state index contributed by atoms with van der Waals surface area (Å²) in [5.74, 6) is 0.824. The number of benzene rings is 2. The van der Waals surface area contributed by atoms with E-state index in [1.165, 1.54) is 0 Å². The molecule has 0 amide bonds. The molecule has 0 atom stereocenters. The smallest absolute Gasteiger partial charge is 0.123 e. The van der Waals surface area contributed by atoms with E-state index in [0.717, 1.165) is 27.8 Å². The standard InChI is InChI=1S/C17H15ClN2O/c1-21-17-6-5-14(18)9-13(17)10-20-16-4-2-3-12-7-8-19-11-15(12)16/h2-9,11,20H,10H2,1H3. The number of pyridine rings is 1. The van der Waals surface area contributed by atoms with E-state index >= 15 is 0 Å². The first-order valence-electron chi connectivity index (χ1n) is 6.67. The van der Waals surface area contributed by atoms with Crippen molar-refractivity contribution in [2.75, 3.05) is 12.4 Å². The van der Waals surface area contributed by atoms with Gasteiger partial charge in [0, 0.05) is 40.6 Å². The fraction of sp³-hybridized carbons (Fsp3) is 0.118. The maximum absolute atomic E-state index is 6.06. The summed E-state index contributed by atoms with van der Waals surface area (Å²) in [6.45, 7) is 0.637. The minimum atomic E-state index is 0.637. The lowest BCUT2D eigenvalue weighted by molar-refractivity contribution is 0.410. The number of rotatable bonds is 4. The van der Waals surface area contributed by atoms with Crippen molar-refractivity contribution in [2.45, 2.75) is 6.54 Å². The molecule has 0 aliphatic heterocycles. The highest BCUT2D eigenvalue weighted by molar-refractivity contribution is 6.30. The number of hydrogen-bond acceptors (Lipinski definition) is 3. The largest absolute Gasteiger partial charge is 0.496 e. The van der Waals surface area contributed by atoms with Crippen LogP contribution in [-0.4, -0.2) is 12.1 Å². The molecule has 0 spiro atoms. The minimum absolute atomic E-state index is 0.637. The van der Waals surface area contributed by atoms with Crippen molar-refractivity contribution in [1.82, 2.24) is 4.98 Å². The third-order valence-electron chi connectivity index (χ3n) is 3.40. The van der Waals surface area contributed by atoms with E-state index in [0.29, 0.717) is 11.6 Å². The predicted octanol–water partition coefficient (Wildman–Crippen LogP) is 4.51. The predicted molar refractivity (Wildman–Crippen MR) is 87.1 cm³/mol. The molecule has 2 aromatic carbocycles. The Morgan fingerprint density at radius 2 is 2.10 bits per heavy atom. The van der Waals surface area contributed by atoms with Crippen LogP contribution in [0.4, 0.5) is 5.69 Å². The number of nitrogens with one attached hydrogen (secondary N) is 1. The van der Waals surface area contributed by atoms with Gasteiger partial charge in [-0.1, -0.05) is 23.7 Å². The summed E-state index contributed by atoms with van der Waals surface area (Å²) < 4.78 is 5.37. The third kappa shape index (κ3) is 2.93. The van der Waals surface area contributed by atoms with Gasteiger partial charge in [-0.15, -0.1) is 0 Å². The molecule has 0 saturated heterocycles. The van der Waals surface area contributed by atoms with Crippen molar-refractivity contribution in [3.63, 3.8) is 0 Å². The van der Waals surface area contributed by atoms with Crippen LogP contribution in [0.3, 0.4) is 0 Å². The number of fused-ring (bicyclic) bond motifs is 1. The van der Waals surface area contributed by atoms with Crippen LogP contribution in [0.15, 0.2) is 54.9 Å². The van der Waals surface area contributed by atoms with Gasteiger partial charge in [0.2, 0.25) is 0 Å². The number of methoxy groups -OCH3 is 1. The first-order chi connectivity index (χ1) is 10.3. The molecule has 3 rings (SSSR count). The topological polar surface area (TPSA) is 34.1 Å². The Morgan fingerprint density at radius 1 is 1.19 bits per heavy atom. The van der Waals surface area contributed by atoms with Crippen LogP contribution in [0.2, 0.25) is 5.02 Å². The second-order valence-electron chi connectivity index (χ2n) is 4.71. The number of nitrogens with zero attached hydrogens (tertiary/aromatic N) is 1. The van der Waals surface area contributed by atoms with Crippen LogP contribution in [-0.2, 0) is 6.54 Å². The molecule has 0 unspecified atom stereocenters. The van der Waals surface area contributed by atoms with Crippen molar-refractivity contribution in [2.24, 2.45) is 0 Å². The first kappa shape index (κ1) is 13.7. The highest BCUT2D eigenvalue weighted by Gasteiger charge is 2.05. The van der Waals surface area contributed by atoms with E-state index in [1.54, 1.807) is 13.3 Å². The summed E-state index contributed by atoms with van der Waals surface area (Å²) in [7, 11) is 1.66. The van der Waals surface area contributed by atoms with Crippen LogP contribution >= 0.6 is 11.6 Å². The molecule has 0 bridgehead atoms. The summed E-state index contributed by atoms with van der Waals surface area (Å²) in [5, 5.41) is 6.39. The van der Waals surface area contributed by atoms with Gasteiger partial charge in [-0.05, 0) is 35.7 Å². The zero-order valence-electron chi connectivity index (χ0n) is 11.6. The van der Waals surface area contributed by atoms with Gasteiger partial charge in [0.15, 0.2) is 0 Å². The average Bonchev–Trinajstić information content (AvgIpc) is 2.53. The number of anilines is 1. The molecule has 1 N–H and O–H groups in total. The Kier molecular flexibility index (Phi) is 3.93. The Morgan fingerprint density at radius 3 is 2.95 bits per heavy atom. The molecule has 0 fully saturated rings. The average molecular weight is 299 g/mol. The zero-order chi connectivity index (χ0) is 14.7. The van der Waals surface area contributed by atoms with Crippen molar-refractivity contribution in [3.05, 3.63) is 65.4 Å². The maximum atomic E-state index is 6.06. The van der Waals surface area contributed by atoms with Gasteiger partial charge in [0.25, 0.3) is 0 Å². The van der Waals surface area contributed by atoms with Crippen LogP contribution < -0.4 is 10.1 Å². The maximum Gasteiger partial charge on any atom is 0.123 e. The van der Waals surface area contributed by atoms with E-state index in [9.17, 15) is 0 Å². The van der Waals surface area contributed by atoms with Gasteiger partial charge in [-0.3, -0.25) is 4.98 Å². The number of halogens is 1. The molecule has 106 valence electrons. The van der Waals surface area contributed by atoms with Gasteiger partial charge < -0.3 is 10.1 Å². The van der Waals surface area contributed by atoms with Crippen LogP contribution in [0.25, 0.3) is 10.8 Å². The van der Waals surface area contributed by atoms with Crippen molar-refractivity contribution < 1.29 is 4.74 Å². The molecule has 0 aliphatic carbocycles. The fourth-order valence-corrected chi connectivity index (χ4v) is 2.54. The molecular weight excluding hydrogens is 284 g/mol. The molecule has 0 radical (unpaired) electrons. The van der Waals surface area contributed by atoms with E-state index in [2.05, 4.69) is 16.4 Å². The molecule has 3 nitrogen and oxygen atoms in total. The van der Waals surface area contributed by atoms with E-state index in [1.807, 2.05) is 42.6 Å². The van der Waals surface area contributed by atoms with Gasteiger partial charge in [-0.25, -0.2) is 0 Å². The lowest BCUT2D eigenvalue weighted by Crippen LogP contribution is -2.02. The summed E-state index contributed by atoms with van der Waals surface area (Å²) in [6, 6.07) is 13.8. The van der Waals surface area contributed by atoms with Gasteiger partial charge >= 0.3 is 0 Å². The Labute approximate surface area is 128 Å². The second kappa shape index (κ2) is 6.02. The van der Waals surface area contributed by atoms with Crippen LogP contribution in [0.1, 0.15) is 5.56 Å².